The summed E-state index contributed by atoms with van der Waals surface area (Å²) in [5, 5.41) is 3.26. The molecule has 2 heterocycles. The number of ether oxygens (including phenoxy) is 1. The van der Waals surface area contributed by atoms with Gasteiger partial charge >= 0.3 is 13.1 Å². The van der Waals surface area contributed by atoms with Gasteiger partial charge in [0.05, 0.1) is 17.8 Å². The maximum atomic E-state index is 11.9. The average molecular weight is 311 g/mol. The van der Waals surface area contributed by atoms with Crippen molar-refractivity contribution in [1.82, 2.24) is 5.32 Å². The number of esters is 1. The Kier molecular flexibility index (Phi) is 5.56. The van der Waals surface area contributed by atoms with Crippen LogP contribution in [0, 0.1) is 5.92 Å². The van der Waals surface area contributed by atoms with Gasteiger partial charge in [0, 0.05) is 0 Å². The van der Waals surface area contributed by atoms with Crippen LogP contribution in [0.5, 0.6) is 0 Å². The molecule has 0 aromatic heterocycles. The molecule has 2 fully saturated rings. The van der Waals surface area contributed by atoms with Crippen LogP contribution in [0.4, 0.5) is 0 Å². The summed E-state index contributed by atoms with van der Waals surface area (Å²) >= 11 is 0. The van der Waals surface area contributed by atoms with Crippen molar-refractivity contribution in [1.29, 1.82) is 0 Å². The van der Waals surface area contributed by atoms with Gasteiger partial charge in [-0.3, -0.25) is 4.79 Å². The lowest BCUT2D eigenvalue weighted by Crippen LogP contribution is -2.41. The number of hydrogen-bond donors (Lipinski definition) is 1. The summed E-state index contributed by atoms with van der Waals surface area (Å²) in [5.74, 6) is 0.252. The van der Waals surface area contributed by atoms with Crippen LogP contribution in [0.15, 0.2) is 0 Å². The molecule has 2 aliphatic heterocycles. The van der Waals surface area contributed by atoms with Crippen molar-refractivity contribution in [2.75, 3.05) is 13.2 Å². The maximum Gasteiger partial charge on any atom is 0.457 e. The second-order valence-electron chi connectivity index (χ2n) is 7.35. The van der Waals surface area contributed by atoms with E-state index in [-0.39, 0.29) is 30.3 Å². The third-order valence-corrected chi connectivity index (χ3v) is 5.21. The second-order valence-corrected chi connectivity index (χ2v) is 7.35. The van der Waals surface area contributed by atoms with Gasteiger partial charge in [-0.25, -0.2) is 0 Å². The van der Waals surface area contributed by atoms with Crippen LogP contribution in [0.2, 0.25) is 6.32 Å². The van der Waals surface area contributed by atoms with E-state index in [0.717, 1.165) is 32.1 Å². The Balaban J connectivity index is 1.76. The molecular formula is C16H30BNO4. The molecule has 1 N–H and O–H groups in total. The summed E-state index contributed by atoms with van der Waals surface area (Å²) in [6, 6.07) is -0.141. The summed E-state index contributed by atoms with van der Waals surface area (Å²) in [6.07, 6.45) is 3.91. The van der Waals surface area contributed by atoms with E-state index in [0.29, 0.717) is 12.5 Å². The van der Waals surface area contributed by atoms with Gasteiger partial charge in [0.2, 0.25) is 0 Å². The Morgan fingerprint density at radius 3 is 2.50 bits per heavy atom. The lowest BCUT2D eigenvalue weighted by atomic mass is 9.80. The summed E-state index contributed by atoms with van der Waals surface area (Å²) in [5.41, 5.74) is -0.528. The molecule has 0 aromatic carbocycles. The molecule has 0 amide bonds. The largest absolute Gasteiger partial charge is 0.465 e. The molecule has 126 valence electrons. The van der Waals surface area contributed by atoms with Crippen LogP contribution >= 0.6 is 0 Å². The fourth-order valence-corrected chi connectivity index (χ4v) is 3.21. The molecule has 0 unspecified atom stereocenters. The molecule has 2 saturated heterocycles. The zero-order valence-corrected chi connectivity index (χ0v) is 14.6. The van der Waals surface area contributed by atoms with Gasteiger partial charge in [-0.2, -0.15) is 0 Å². The first-order valence-corrected chi connectivity index (χ1v) is 8.52. The minimum absolute atomic E-state index is 0.111. The molecule has 2 rings (SSSR count). The van der Waals surface area contributed by atoms with Gasteiger partial charge in [-0.05, 0) is 66.2 Å². The number of carbonyl (C=O) groups excluding carboxylic acids is 1. The van der Waals surface area contributed by atoms with Crippen molar-refractivity contribution in [3.8, 4) is 0 Å². The van der Waals surface area contributed by atoms with E-state index in [4.69, 9.17) is 14.0 Å². The van der Waals surface area contributed by atoms with E-state index in [9.17, 15) is 4.79 Å². The molecule has 0 aromatic rings. The van der Waals surface area contributed by atoms with Crippen molar-refractivity contribution in [3.05, 3.63) is 0 Å². The predicted molar refractivity (Wildman–Crippen MR) is 86.7 cm³/mol. The van der Waals surface area contributed by atoms with Crippen LogP contribution in [0.25, 0.3) is 0 Å². The standard InChI is InChI=1S/C16H30BNO4/c1-6-20-14(19)13-12(9-11-18-13)8-7-10-17-21-15(2,3)16(4,5)22-17/h12-13,18H,6-11H2,1-5H3/t12-,13+/m1/s1. The van der Waals surface area contributed by atoms with Crippen LogP contribution in [-0.2, 0) is 18.8 Å². The van der Waals surface area contributed by atoms with Crippen LogP contribution in [0.1, 0.15) is 53.9 Å². The minimum Gasteiger partial charge on any atom is -0.465 e. The van der Waals surface area contributed by atoms with Crippen molar-refractivity contribution in [2.45, 2.75) is 77.4 Å². The van der Waals surface area contributed by atoms with E-state index in [1.807, 2.05) is 6.92 Å². The first kappa shape index (κ1) is 17.8. The zero-order valence-electron chi connectivity index (χ0n) is 14.6. The first-order valence-electron chi connectivity index (χ1n) is 8.52. The lowest BCUT2D eigenvalue weighted by molar-refractivity contribution is -0.146. The van der Waals surface area contributed by atoms with Gasteiger partial charge in [0.1, 0.15) is 6.04 Å². The van der Waals surface area contributed by atoms with Gasteiger partial charge in [-0.1, -0.05) is 6.42 Å². The van der Waals surface area contributed by atoms with Crippen LogP contribution in [0.3, 0.4) is 0 Å². The number of carbonyl (C=O) groups is 1. The smallest absolute Gasteiger partial charge is 0.457 e. The van der Waals surface area contributed by atoms with Crippen molar-refractivity contribution >= 4 is 13.1 Å². The van der Waals surface area contributed by atoms with Crippen molar-refractivity contribution in [2.24, 2.45) is 5.92 Å². The predicted octanol–water partition coefficient (Wildman–Crippen LogP) is 2.40. The Bertz CT molecular complexity index is 384. The van der Waals surface area contributed by atoms with E-state index in [1.54, 1.807) is 0 Å². The molecule has 2 aliphatic rings. The van der Waals surface area contributed by atoms with Crippen molar-refractivity contribution in [3.63, 3.8) is 0 Å². The number of nitrogens with one attached hydrogen (secondary N) is 1. The quantitative estimate of drug-likeness (QED) is 0.603. The van der Waals surface area contributed by atoms with Gasteiger partial charge in [0.15, 0.2) is 0 Å². The highest BCUT2D eigenvalue weighted by molar-refractivity contribution is 6.45. The summed E-state index contributed by atoms with van der Waals surface area (Å²) in [6.45, 7) is 11.5. The molecule has 0 spiro atoms. The summed E-state index contributed by atoms with van der Waals surface area (Å²) in [7, 11) is -0.139. The summed E-state index contributed by atoms with van der Waals surface area (Å²) < 4.78 is 17.2. The van der Waals surface area contributed by atoms with E-state index >= 15 is 0 Å². The van der Waals surface area contributed by atoms with Crippen LogP contribution in [-0.4, -0.2) is 43.5 Å². The number of hydrogen-bond acceptors (Lipinski definition) is 5. The maximum absolute atomic E-state index is 11.9. The molecular weight excluding hydrogens is 281 g/mol. The molecule has 2 atom stereocenters. The van der Waals surface area contributed by atoms with E-state index < -0.39 is 0 Å². The third-order valence-electron chi connectivity index (χ3n) is 5.21. The average Bonchev–Trinajstić information content (AvgIpc) is 2.93. The van der Waals surface area contributed by atoms with Crippen LogP contribution < -0.4 is 5.32 Å². The molecule has 0 saturated carbocycles. The zero-order chi connectivity index (χ0) is 16.4. The molecule has 22 heavy (non-hydrogen) atoms. The monoisotopic (exact) mass is 311 g/mol. The highest BCUT2D eigenvalue weighted by Crippen LogP contribution is 2.38. The molecule has 0 aliphatic carbocycles. The van der Waals surface area contributed by atoms with Crippen molar-refractivity contribution < 1.29 is 18.8 Å². The lowest BCUT2D eigenvalue weighted by Gasteiger charge is -2.32. The fraction of sp³-hybridized carbons (Fsp3) is 0.938. The fourth-order valence-electron chi connectivity index (χ4n) is 3.21. The number of rotatable bonds is 6. The topological polar surface area (TPSA) is 56.8 Å². The summed E-state index contributed by atoms with van der Waals surface area (Å²) in [4.78, 5) is 11.9. The molecule has 5 nitrogen and oxygen atoms in total. The Morgan fingerprint density at radius 2 is 1.91 bits per heavy atom. The van der Waals surface area contributed by atoms with E-state index in [2.05, 4.69) is 33.0 Å². The highest BCUT2D eigenvalue weighted by atomic mass is 16.7. The SMILES string of the molecule is CCOC(=O)[C@H]1NCC[C@H]1CCCB1OC(C)(C)C(C)(C)O1. The minimum atomic E-state index is -0.264. The second kappa shape index (κ2) is 6.89. The Morgan fingerprint density at radius 1 is 1.27 bits per heavy atom. The Labute approximate surface area is 134 Å². The normalized spacial score (nSPS) is 29.8. The Hall–Kier alpha value is -0.585. The van der Waals surface area contributed by atoms with Gasteiger partial charge < -0.3 is 19.4 Å². The van der Waals surface area contributed by atoms with E-state index in [1.165, 1.54) is 0 Å². The van der Waals surface area contributed by atoms with Gasteiger partial charge in [0.25, 0.3) is 0 Å². The van der Waals surface area contributed by atoms with Gasteiger partial charge in [-0.15, -0.1) is 0 Å². The molecule has 6 heteroatoms. The molecule has 0 radical (unpaired) electrons. The third kappa shape index (κ3) is 3.84. The molecule has 0 bridgehead atoms. The first-order chi connectivity index (χ1) is 10.3. The highest BCUT2D eigenvalue weighted by Gasteiger charge is 2.50.